The summed E-state index contributed by atoms with van der Waals surface area (Å²) in [6, 6.07) is -0.776. The van der Waals surface area contributed by atoms with Crippen LogP contribution in [0, 0.1) is 17.5 Å². The van der Waals surface area contributed by atoms with Crippen molar-refractivity contribution >= 4 is 29.3 Å². The normalized spacial score (nSPS) is 26.0. The van der Waals surface area contributed by atoms with Crippen LogP contribution >= 0.6 is 0 Å². The Bertz CT molecular complexity index is 1250. The Labute approximate surface area is 210 Å². The van der Waals surface area contributed by atoms with Gasteiger partial charge in [0.1, 0.15) is 6.04 Å². The Balaban J connectivity index is 1.37. The van der Waals surface area contributed by atoms with E-state index in [2.05, 4.69) is 10.4 Å². The van der Waals surface area contributed by atoms with E-state index < -0.39 is 35.5 Å². The van der Waals surface area contributed by atoms with Crippen LogP contribution in [0.1, 0.15) is 38.8 Å². The van der Waals surface area contributed by atoms with Crippen LogP contribution in [-0.4, -0.2) is 73.3 Å². The van der Waals surface area contributed by atoms with Crippen molar-refractivity contribution in [2.45, 2.75) is 70.4 Å². The maximum Gasteiger partial charge on any atom is 0.322 e. The number of aromatic nitrogens is 2. The average Bonchev–Trinajstić information content (AvgIpc) is 3.54. The second kappa shape index (κ2) is 9.36. The quantitative estimate of drug-likeness (QED) is 0.600. The third kappa shape index (κ3) is 4.30. The number of benzene rings is 1. The first kappa shape index (κ1) is 25.1. The van der Waals surface area contributed by atoms with Crippen molar-refractivity contribution in [2.75, 3.05) is 16.8 Å². The molecule has 13 heteroatoms. The molecule has 3 amide bonds. The number of hydrogen-bond acceptors (Lipinski definition) is 5. The molecule has 4 atom stereocenters. The zero-order valence-electron chi connectivity index (χ0n) is 20.3. The third-order valence-corrected chi connectivity index (χ3v) is 7.59. The highest BCUT2D eigenvalue weighted by atomic mass is 19.2. The molecule has 0 spiro atoms. The molecule has 0 saturated carbocycles. The molecule has 37 heavy (non-hydrogen) atoms. The Morgan fingerprint density at radius 2 is 1.86 bits per heavy atom. The molecule has 0 radical (unpaired) electrons. The number of hydrogen-bond donors (Lipinski definition) is 2. The SMILES string of the molecule is C[C@H]1Cn2ncc(N3C(=O)CC(N4CCC[C@H]4C(=O)O)[C@@H]3C)c2CN1C(=O)Nc1cc(F)c(F)c(F)c1. The van der Waals surface area contributed by atoms with Gasteiger partial charge in [-0.2, -0.15) is 5.10 Å². The van der Waals surface area contributed by atoms with Gasteiger partial charge in [-0.05, 0) is 33.2 Å². The number of likely N-dealkylation sites (tertiary alicyclic amines) is 1. The fourth-order valence-corrected chi connectivity index (χ4v) is 5.73. The number of rotatable bonds is 4. The molecule has 2 aromatic rings. The van der Waals surface area contributed by atoms with E-state index in [1.807, 2.05) is 11.8 Å². The van der Waals surface area contributed by atoms with Crippen LogP contribution < -0.4 is 10.2 Å². The molecule has 2 N–H and O–H groups in total. The van der Waals surface area contributed by atoms with E-state index in [1.54, 1.807) is 22.7 Å². The Morgan fingerprint density at radius 1 is 1.16 bits per heavy atom. The van der Waals surface area contributed by atoms with Gasteiger partial charge in [-0.15, -0.1) is 0 Å². The standard InChI is InChI=1S/C24H27F3N6O4/c1-12-10-32-20(11-31(12)24(37)29-14-6-15(25)22(27)16(26)7-14)19(9-28-32)33-13(2)18(8-21(33)34)30-5-3-4-17(30)23(35)36/h6-7,9,12-13,17-18H,3-5,8,10-11H2,1-2H3,(H,29,37)(H,35,36)/t12-,13-,17-,18?/m0/s1. The van der Waals surface area contributed by atoms with Crippen molar-refractivity contribution in [3.05, 3.63) is 41.5 Å². The molecule has 1 aromatic heterocycles. The Morgan fingerprint density at radius 3 is 2.54 bits per heavy atom. The van der Waals surface area contributed by atoms with Gasteiger partial charge in [-0.1, -0.05) is 0 Å². The maximum atomic E-state index is 13.6. The van der Waals surface area contributed by atoms with E-state index >= 15 is 0 Å². The van der Waals surface area contributed by atoms with E-state index in [9.17, 15) is 32.7 Å². The average molecular weight is 521 g/mol. The van der Waals surface area contributed by atoms with Crippen molar-refractivity contribution in [3.63, 3.8) is 0 Å². The summed E-state index contributed by atoms with van der Waals surface area (Å²) in [4.78, 5) is 42.8. The zero-order valence-corrected chi connectivity index (χ0v) is 20.3. The lowest BCUT2D eigenvalue weighted by molar-refractivity contribution is -0.143. The molecule has 2 fully saturated rings. The van der Waals surface area contributed by atoms with Gasteiger partial charge in [-0.3, -0.25) is 19.2 Å². The van der Waals surface area contributed by atoms with Crippen molar-refractivity contribution in [3.8, 4) is 0 Å². The van der Waals surface area contributed by atoms with E-state index in [0.29, 0.717) is 43.0 Å². The summed E-state index contributed by atoms with van der Waals surface area (Å²) in [5, 5.41) is 16.4. The maximum absolute atomic E-state index is 13.6. The minimum atomic E-state index is -1.62. The molecule has 3 aliphatic rings. The number of carbonyl (C=O) groups is 3. The number of urea groups is 1. The highest BCUT2D eigenvalue weighted by Gasteiger charge is 2.47. The molecule has 3 aliphatic heterocycles. The van der Waals surface area contributed by atoms with E-state index in [4.69, 9.17) is 0 Å². The van der Waals surface area contributed by atoms with Crippen LogP contribution in [0.25, 0.3) is 0 Å². The van der Waals surface area contributed by atoms with Crippen molar-refractivity contribution in [2.24, 2.45) is 0 Å². The van der Waals surface area contributed by atoms with Crippen LogP contribution in [0.4, 0.5) is 29.3 Å². The lowest BCUT2D eigenvalue weighted by Crippen LogP contribution is -2.49. The molecule has 5 rings (SSSR count). The van der Waals surface area contributed by atoms with E-state index in [1.165, 1.54) is 4.90 Å². The van der Waals surface area contributed by atoms with E-state index in [0.717, 1.165) is 6.42 Å². The van der Waals surface area contributed by atoms with Gasteiger partial charge in [0.2, 0.25) is 5.91 Å². The summed E-state index contributed by atoms with van der Waals surface area (Å²) in [7, 11) is 0. The smallest absolute Gasteiger partial charge is 0.322 e. The van der Waals surface area contributed by atoms with Crippen LogP contribution in [0.15, 0.2) is 18.3 Å². The number of carboxylic acid groups (broad SMARTS) is 1. The number of fused-ring (bicyclic) bond motifs is 1. The highest BCUT2D eigenvalue weighted by Crippen LogP contribution is 2.37. The molecule has 0 aliphatic carbocycles. The molecule has 0 bridgehead atoms. The van der Waals surface area contributed by atoms with Crippen molar-refractivity contribution in [1.29, 1.82) is 0 Å². The Kier molecular flexibility index (Phi) is 6.34. The second-order valence-electron chi connectivity index (χ2n) is 9.83. The number of aliphatic carboxylic acids is 1. The Hall–Kier alpha value is -3.61. The number of nitrogens with zero attached hydrogens (tertiary/aromatic N) is 5. The number of nitrogens with one attached hydrogen (secondary N) is 1. The molecular formula is C24H27F3N6O4. The van der Waals surface area contributed by atoms with Gasteiger partial charge in [-0.25, -0.2) is 18.0 Å². The monoisotopic (exact) mass is 520 g/mol. The van der Waals surface area contributed by atoms with Crippen molar-refractivity contribution < 1.29 is 32.7 Å². The number of carboxylic acids is 1. The van der Waals surface area contributed by atoms with Crippen LogP contribution in [0.3, 0.4) is 0 Å². The highest BCUT2D eigenvalue weighted by molar-refractivity contribution is 5.98. The topological polar surface area (TPSA) is 111 Å². The van der Waals surface area contributed by atoms with Crippen molar-refractivity contribution in [1.82, 2.24) is 19.6 Å². The van der Waals surface area contributed by atoms with Crippen LogP contribution in [-0.2, 0) is 22.7 Å². The number of anilines is 2. The largest absolute Gasteiger partial charge is 0.480 e. The minimum Gasteiger partial charge on any atom is -0.480 e. The summed E-state index contributed by atoms with van der Waals surface area (Å²) in [5.41, 5.74) is 0.925. The summed E-state index contributed by atoms with van der Waals surface area (Å²) in [5.74, 6) is -5.50. The van der Waals surface area contributed by atoms with Gasteiger partial charge in [0, 0.05) is 30.3 Å². The van der Waals surface area contributed by atoms with Gasteiger partial charge in [0.05, 0.1) is 42.8 Å². The lowest BCUT2D eigenvalue weighted by atomic mass is 10.1. The number of amides is 3. The predicted molar refractivity (Wildman–Crippen MR) is 125 cm³/mol. The van der Waals surface area contributed by atoms with Gasteiger partial charge < -0.3 is 20.2 Å². The molecule has 4 heterocycles. The van der Waals surface area contributed by atoms with E-state index in [-0.39, 0.29) is 42.7 Å². The molecule has 1 unspecified atom stereocenters. The van der Waals surface area contributed by atoms with Gasteiger partial charge >= 0.3 is 12.0 Å². The molecule has 10 nitrogen and oxygen atoms in total. The first-order chi connectivity index (χ1) is 17.6. The first-order valence-corrected chi connectivity index (χ1v) is 12.1. The summed E-state index contributed by atoms with van der Waals surface area (Å²) in [6.45, 7) is 4.66. The zero-order chi connectivity index (χ0) is 26.6. The molecule has 198 valence electrons. The fraction of sp³-hybridized carbons (Fsp3) is 0.500. The molecule has 2 saturated heterocycles. The fourth-order valence-electron chi connectivity index (χ4n) is 5.73. The van der Waals surface area contributed by atoms with Gasteiger partial charge in [0.15, 0.2) is 17.5 Å². The second-order valence-corrected chi connectivity index (χ2v) is 9.83. The number of halogens is 3. The molecular weight excluding hydrogens is 493 g/mol. The van der Waals surface area contributed by atoms with Crippen LogP contribution in [0.2, 0.25) is 0 Å². The third-order valence-electron chi connectivity index (χ3n) is 7.59. The number of carbonyl (C=O) groups excluding carboxylic acids is 2. The summed E-state index contributed by atoms with van der Waals surface area (Å²) in [6.07, 6.45) is 3.04. The first-order valence-electron chi connectivity index (χ1n) is 12.1. The summed E-state index contributed by atoms with van der Waals surface area (Å²) < 4.78 is 42.2. The predicted octanol–water partition coefficient (Wildman–Crippen LogP) is 2.78. The van der Waals surface area contributed by atoms with Gasteiger partial charge in [0.25, 0.3) is 0 Å². The minimum absolute atomic E-state index is 0.0666. The summed E-state index contributed by atoms with van der Waals surface area (Å²) >= 11 is 0. The molecule has 1 aromatic carbocycles. The lowest BCUT2D eigenvalue weighted by Gasteiger charge is -2.36. The van der Waals surface area contributed by atoms with Crippen LogP contribution in [0.5, 0.6) is 0 Å².